The van der Waals surface area contributed by atoms with E-state index in [1.807, 2.05) is 6.92 Å². The van der Waals surface area contributed by atoms with Crippen molar-refractivity contribution in [3.8, 4) is 0 Å². The standard InChI is InChI=1S/C10H15F3N4O2S/c1-3-4-7-15-16-8(20-7)14-9(19)17(2)5-6(18)10(11,12)13/h6,18H,3-5H2,1-2H3,(H,14,16,19). The van der Waals surface area contributed by atoms with E-state index < -0.39 is 24.9 Å². The summed E-state index contributed by atoms with van der Waals surface area (Å²) in [5.41, 5.74) is 0. The molecular weight excluding hydrogens is 297 g/mol. The minimum absolute atomic E-state index is 0.215. The first-order valence-corrected chi connectivity index (χ1v) is 6.65. The van der Waals surface area contributed by atoms with Gasteiger partial charge in [0.2, 0.25) is 5.13 Å². The number of amides is 2. The normalized spacial score (nSPS) is 13.1. The number of carbonyl (C=O) groups is 1. The van der Waals surface area contributed by atoms with E-state index in [-0.39, 0.29) is 5.13 Å². The molecule has 1 aromatic rings. The number of urea groups is 1. The van der Waals surface area contributed by atoms with Gasteiger partial charge in [-0.1, -0.05) is 18.3 Å². The number of aliphatic hydroxyl groups excluding tert-OH is 1. The zero-order chi connectivity index (χ0) is 15.3. The minimum Gasteiger partial charge on any atom is -0.382 e. The highest BCUT2D eigenvalue weighted by Gasteiger charge is 2.39. The van der Waals surface area contributed by atoms with Gasteiger partial charge in [-0.2, -0.15) is 13.2 Å². The molecule has 0 aliphatic carbocycles. The lowest BCUT2D eigenvalue weighted by Gasteiger charge is -2.22. The number of likely N-dealkylation sites (N-methyl/N-ethyl adjacent to an activating group) is 1. The predicted molar refractivity (Wildman–Crippen MR) is 67.6 cm³/mol. The summed E-state index contributed by atoms with van der Waals surface area (Å²) in [5, 5.41) is 19.7. The highest BCUT2D eigenvalue weighted by molar-refractivity contribution is 7.15. The Morgan fingerprint density at radius 1 is 1.50 bits per heavy atom. The van der Waals surface area contributed by atoms with Crippen LogP contribution in [0.3, 0.4) is 0 Å². The van der Waals surface area contributed by atoms with Gasteiger partial charge in [0, 0.05) is 13.5 Å². The van der Waals surface area contributed by atoms with Crippen LogP contribution in [0.15, 0.2) is 0 Å². The van der Waals surface area contributed by atoms with Crippen LogP contribution in [0, 0.1) is 0 Å². The van der Waals surface area contributed by atoms with Crippen molar-refractivity contribution in [2.75, 3.05) is 18.9 Å². The van der Waals surface area contributed by atoms with Crippen LogP contribution in [0.25, 0.3) is 0 Å². The Labute approximate surface area is 117 Å². The van der Waals surface area contributed by atoms with E-state index in [9.17, 15) is 18.0 Å². The molecule has 1 unspecified atom stereocenters. The lowest BCUT2D eigenvalue weighted by atomic mass is 10.3. The van der Waals surface area contributed by atoms with Crippen LogP contribution >= 0.6 is 11.3 Å². The van der Waals surface area contributed by atoms with Gasteiger partial charge in [-0.25, -0.2) is 4.79 Å². The van der Waals surface area contributed by atoms with Crippen molar-refractivity contribution in [2.45, 2.75) is 32.0 Å². The van der Waals surface area contributed by atoms with Gasteiger partial charge in [0.15, 0.2) is 6.10 Å². The first kappa shape index (κ1) is 16.6. The Balaban J connectivity index is 2.52. The number of nitrogens with one attached hydrogen (secondary N) is 1. The van der Waals surface area contributed by atoms with Crippen LogP contribution in [0.4, 0.5) is 23.1 Å². The smallest absolute Gasteiger partial charge is 0.382 e. The topological polar surface area (TPSA) is 78.4 Å². The van der Waals surface area contributed by atoms with Crippen LogP contribution in [-0.4, -0.2) is 52.1 Å². The van der Waals surface area contributed by atoms with Gasteiger partial charge in [-0.05, 0) is 6.42 Å². The minimum atomic E-state index is -4.76. The molecule has 1 rings (SSSR count). The average molecular weight is 312 g/mol. The first-order valence-electron chi connectivity index (χ1n) is 5.83. The van der Waals surface area contributed by atoms with Gasteiger partial charge in [-0.3, -0.25) is 5.32 Å². The molecule has 1 atom stereocenters. The lowest BCUT2D eigenvalue weighted by molar-refractivity contribution is -0.205. The Hall–Kier alpha value is -1.42. The quantitative estimate of drug-likeness (QED) is 0.870. The van der Waals surface area contributed by atoms with Crippen molar-refractivity contribution in [1.82, 2.24) is 15.1 Å². The number of aryl methyl sites for hydroxylation is 1. The maximum atomic E-state index is 12.2. The van der Waals surface area contributed by atoms with Crippen molar-refractivity contribution in [1.29, 1.82) is 0 Å². The molecule has 114 valence electrons. The summed E-state index contributed by atoms with van der Waals surface area (Å²) in [6, 6.07) is -0.785. The Bertz CT molecular complexity index is 452. The maximum Gasteiger partial charge on any atom is 0.416 e. The second kappa shape index (κ2) is 6.84. The number of carbonyl (C=O) groups excluding carboxylic acids is 1. The second-order valence-electron chi connectivity index (χ2n) is 4.12. The molecule has 0 fully saturated rings. The molecule has 1 aromatic heterocycles. The molecule has 0 saturated heterocycles. The van der Waals surface area contributed by atoms with E-state index in [2.05, 4.69) is 15.5 Å². The van der Waals surface area contributed by atoms with Gasteiger partial charge in [0.1, 0.15) is 5.01 Å². The van der Waals surface area contributed by atoms with Crippen LogP contribution in [0.1, 0.15) is 18.4 Å². The van der Waals surface area contributed by atoms with Gasteiger partial charge in [0.05, 0.1) is 6.54 Å². The highest BCUT2D eigenvalue weighted by atomic mass is 32.1. The average Bonchev–Trinajstić information content (AvgIpc) is 2.75. The van der Waals surface area contributed by atoms with Crippen LogP contribution in [0.5, 0.6) is 0 Å². The number of hydrogen-bond acceptors (Lipinski definition) is 5. The molecule has 6 nitrogen and oxygen atoms in total. The number of rotatable bonds is 5. The van der Waals surface area contributed by atoms with Crippen molar-refractivity contribution < 1.29 is 23.1 Å². The summed E-state index contributed by atoms with van der Waals surface area (Å²) in [5.74, 6) is 0. The summed E-state index contributed by atoms with van der Waals surface area (Å²) in [4.78, 5) is 12.4. The number of aromatic nitrogens is 2. The van der Waals surface area contributed by atoms with Gasteiger partial charge in [0.25, 0.3) is 0 Å². The Morgan fingerprint density at radius 2 is 2.15 bits per heavy atom. The molecule has 0 radical (unpaired) electrons. The van der Waals surface area contributed by atoms with Crippen LogP contribution in [0.2, 0.25) is 0 Å². The highest BCUT2D eigenvalue weighted by Crippen LogP contribution is 2.21. The molecular formula is C10H15F3N4O2S. The number of hydrogen-bond donors (Lipinski definition) is 2. The fourth-order valence-electron chi connectivity index (χ4n) is 1.25. The molecule has 1 heterocycles. The molecule has 0 aromatic carbocycles. The van der Waals surface area contributed by atoms with Gasteiger partial charge >= 0.3 is 12.2 Å². The van der Waals surface area contributed by atoms with Gasteiger partial charge in [-0.15, -0.1) is 10.2 Å². The molecule has 0 aliphatic rings. The second-order valence-corrected chi connectivity index (χ2v) is 5.18. The molecule has 2 N–H and O–H groups in total. The van der Waals surface area contributed by atoms with Crippen LogP contribution < -0.4 is 5.32 Å². The fourth-order valence-corrected chi connectivity index (χ4v) is 2.08. The van der Waals surface area contributed by atoms with Gasteiger partial charge < -0.3 is 10.0 Å². The van der Waals surface area contributed by atoms with Crippen molar-refractivity contribution in [2.24, 2.45) is 0 Å². The number of halogens is 3. The lowest BCUT2D eigenvalue weighted by Crippen LogP contribution is -2.43. The first-order chi connectivity index (χ1) is 9.24. The zero-order valence-electron chi connectivity index (χ0n) is 10.9. The molecule has 0 bridgehead atoms. The Kier molecular flexibility index (Phi) is 5.69. The summed E-state index contributed by atoms with van der Waals surface area (Å²) >= 11 is 1.16. The van der Waals surface area contributed by atoms with Crippen molar-refractivity contribution >= 4 is 22.5 Å². The Morgan fingerprint density at radius 3 is 2.70 bits per heavy atom. The monoisotopic (exact) mass is 312 g/mol. The largest absolute Gasteiger partial charge is 0.416 e. The molecule has 20 heavy (non-hydrogen) atoms. The number of anilines is 1. The number of alkyl halides is 3. The van der Waals surface area contributed by atoms with E-state index in [1.54, 1.807) is 0 Å². The third-order valence-electron chi connectivity index (χ3n) is 2.32. The van der Waals surface area contributed by atoms with E-state index in [0.29, 0.717) is 0 Å². The summed E-state index contributed by atoms with van der Waals surface area (Å²) in [7, 11) is 1.15. The van der Waals surface area contributed by atoms with Crippen LogP contribution in [-0.2, 0) is 6.42 Å². The SMILES string of the molecule is CCCc1nnc(NC(=O)N(C)CC(O)C(F)(F)F)s1. The number of aliphatic hydroxyl groups is 1. The molecule has 0 aliphatic heterocycles. The summed E-state index contributed by atoms with van der Waals surface area (Å²) < 4.78 is 36.5. The summed E-state index contributed by atoms with van der Waals surface area (Å²) in [6.07, 6.45) is -5.74. The predicted octanol–water partition coefficient (Wildman–Crippen LogP) is 1.88. The fraction of sp³-hybridized carbons (Fsp3) is 0.700. The van der Waals surface area contributed by atoms with Crippen molar-refractivity contribution in [3.05, 3.63) is 5.01 Å². The van der Waals surface area contributed by atoms with E-state index in [1.165, 1.54) is 0 Å². The van der Waals surface area contributed by atoms with E-state index in [4.69, 9.17) is 5.11 Å². The van der Waals surface area contributed by atoms with E-state index >= 15 is 0 Å². The molecule has 0 saturated carbocycles. The van der Waals surface area contributed by atoms with E-state index in [0.717, 1.165) is 41.1 Å². The third-order valence-corrected chi connectivity index (χ3v) is 3.21. The zero-order valence-corrected chi connectivity index (χ0v) is 11.8. The third kappa shape index (κ3) is 4.93. The molecule has 0 spiro atoms. The van der Waals surface area contributed by atoms with Crippen molar-refractivity contribution in [3.63, 3.8) is 0 Å². The maximum absolute atomic E-state index is 12.2. The molecule has 2 amide bonds. The summed E-state index contributed by atoms with van der Waals surface area (Å²) in [6.45, 7) is 1.11. The molecule has 10 heteroatoms. The number of nitrogens with zero attached hydrogens (tertiary/aromatic N) is 3.